The van der Waals surface area contributed by atoms with Crippen molar-refractivity contribution < 1.29 is 24.5 Å². The highest BCUT2D eigenvalue weighted by atomic mass is 16.5. The smallest absolute Gasteiger partial charge is 0.306 e. The molecule has 0 saturated carbocycles. The summed E-state index contributed by atoms with van der Waals surface area (Å²) in [6.45, 7) is 6.35. The predicted octanol–water partition coefficient (Wildman–Crippen LogP) is 15.6. The molecule has 61 heavy (non-hydrogen) atoms. The second-order valence-electron chi connectivity index (χ2n) is 17.5. The van der Waals surface area contributed by atoms with Crippen molar-refractivity contribution in [3.05, 3.63) is 60.8 Å². The minimum absolute atomic E-state index is 0.0360. The Kier molecular flexibility index (Phi) is 46.6. The van der Waals surface area contributed by atoms with E-state index in [0.717, 1.165) is 83.5 Å². The van der Waals surface area contributed by atoms with Crippen LogP contribution in [-0.4, -0.2) is 46.9 Å². The fourth-order valence-corrected chi connectivity index (χ4v) is 7.66. The second-order valence-corrected chi connectivity index (χ2v) is 17.5. The molecule has 0 aliphatic heterocycles. The molecule has 0 radical (unpaired) electrons. The van der Waals surface area contributed by atoms with E-state index in [4.69, 9.17) is 4.74 Å². The van der Waals surface area contributed by atoms with Crippen molar-refractivity contribution in [2.45, 2.75) is 270 Å². The fourth-order valence-electron chi connectivity index (χ4n) is 7.66. The lowest BCUT2D eigenvalue weighted by Gasteiger charge is -2.24. The molecule has 6 heteroatoms. The third kappa shape index (κ3) is 44.0. The number of hydrogen-bond acceptors (Lipinski definition) is 5. The number of unbranched alkanes of at least 4 members (excludes halogenated alkanes) is 24. The van der Waals surface area contributed by atoms with E-state index < -0.39 is 18.2 Å². The lowest BCUT2D eigenvalue weighted by molar-refractivity contribution is -0.151. The standard InChI is InChI=1S/C55H99NO5/c1-4-7-10-13-16-19-22-25-27-28-30-33-36-39-42-45-48-55(60)61-51(46-43-40-37-34-31-29-26-23-20-17-14-11-8-5-2)49-54(59)56-52(50-57)53(58)47-44-41-38-35-32-24-21-18-15-12-9-6-3/h8,11,17,20,26-29,34,37,51-53,57-58H,4-7,9-10,12-16,18-19,21-25,30-33,35-36,38-50H2,1-3H3,(H,56,59)/b11-8+,20-17+,28-27+,29-26+,37-34+. The van der Waals surface area contributed by atoms with Crippen molar-refractivity contribution >= 4 is 11.9 Å². The van der Waals surface area contributed by atoms with Gasteiger partial charge in [-0.25, -0.2) is 0 Å². The van der Waals surface area contributed by atoms with Crippen molar-refractivity contribution in [1.29, 1.82) is 0 Å². The molecule has 3 atom stereocenters. The first-order valence-electron chi connectivity index (χ1n) is 26.0. The highest BCUT2D eigenvalue weighted by Crippen LogP contribution is 2.17. The van der Waals surface area contributed by atoms with Gasteiger partial charge in [-0.3, -0.25) is 9.59 Å². The SMILES string of the molecule is CC/C=C/C/C=C/C/C=C/C/C=C/CCCC(CC(=O)NC(CO)C(O)CCCCCCCCCCCCCC)OC(=O)CCCCCCC/C=C/CCCCCCCCC. The van der Waals surface area contributed by atoms with Crippen molar-refractivity contribution in [3.8, 4) is 0 Å². The number of aliphatic hydroxyl groups excluding tert-OH is 2. The molecule has 0 spiro atoms. The Balaban J connectivity index is 4.66. The zero-order valence-corrected chi connectivity index (χ0v) is 40.3. The van der Waals surface area contributed by atoms with Crippen molar-refractivity contribution in [1.82, 2.24) is 5.32 Å². The van der Waals surface area contributed by atoms with E-state index in [0.29, 0.717) is 19.3 Å². The normalized spacial score (nSPS) is 13.7. The van der Waals surface area contributed by atoms with E-state index in [9.17, 15) is 19.8 Å². The lowest BCUT2D eigenvalue weighted by Crippen LogP contribution is -2.46. The third-order valence-electron chi connectivity index (χ3n) is 11.6. The van der Waals surface area contributed by atoms with Gasteiger partial charge in [0.1, 0.15) is 6.10 Å². The summed E-state index contributed by atoms with van der Waals surface area (Å²) in [6, 6.07) is -0.721. The van der Waals surface area contributed by atoms with Crippen molar-refractivity contribution in [3.63, 3.8) is 0 Å². The first kappa shape index (κ1) is 58.6. The zero-order chi connectivity index (χ0) is 44.5. The molecule has 0 rings (SSSR count). The van der Waals surface area contributed by atoms with Crippen LogP contribution >= 0.6 is 0 Å². The monoisotopic (exact) mass is 854 g/mol. The largest absolute Gasteiger partial charge is 0.462 e. The molecule has 1 amide bonds. The molecule has 0 aromatic rings. The van der Waals surface area contributed by atoms with Crippen LogP contribution in [-0.2, 0) is 14.3 Å². The lowest BCUT2D eigenvalue weighted by atomic mass is 10.0. The highest BCUT2D eigenvalue weighted by molar-refractivity contribution is 5.77. The Morgan fingerprint density at radius 3 is 1.39 bits per heavy atom. The van der Waals surface area contributed by atoms with Crippen LogP contribution in [0, 0.1) is 0 Å². The number of allylic oxidation sites excluding steroid dienone is 10. The number of ether oxygens (including phenoxy) is 1. The van der Waals surface area contributed by atoms with E-state index in [-0.39, 0.29) is 24.9 Å². The molecule has 0 heterocycles. The molecular weight excluding hydrogens is 755 g/mol. The molecule has 0 bridgehead atoms. The van der Waals surface area contributed by atoms with Gasteiger partial charge in [-0.05, 0) is 83.5 Å². The van der Waals surface area contributed by atoms with Gasteiger partial charge in [0.2, 0.25) is 5.91 Å². The third-order valence-corrected chi connectivity index (χ3v) is 11.6. The Morgan fingerprint density at radius 1 is 0.492 bits per heavy atom. The summed E-state index contributed by atoms with van der Waals surface area (Å²) in [5.41, 5.74) is 0. The van der Waals surface area contributed by atoms with Crippen LogP contribution in [0.15, 0.2) is 60.8 Å². The maximum Gasteiger partial charge on any atom is 0.306 e. The first-order chi connectivity index (χ1) is 30.0. The van der Waals surface area contributed by atoms with Crippen LogP contribution in [0.1, 0.15) is 252 Å². The van der Waals surface area contributed by atoms with E-state index in [2.05, 4.69) is 86.8 Å². The molecule has 0 aromatic heterocycles. The van der Waals surface area contributed by atoms with E-state index in [1.165, 1.54) is 122 Å². The fraction of sp³-hybridized carbons (Fsp3) is 0.782. The minimum atomic E-state index is -0.804. The molecule has 6 nitrogen and oxygen atoms in total. The van der Waals surface area contributed by atoms with E-state index in [1.807, 2.05) is 0 Å². The van der Waals surface area contributed by atoms with Gasteiger partial charge >= 0.3 is 5.97 Å². The molecule has 3 N–H and O–H groups in total. The number of carbonyl (C=O) groups is 2. The molecule has 0 saturated heterocycles. The minimum Gasteiger partial charge on any atom is -0.462 e. The van der Waals surface area contributed by atoms with E-state index >= 15 is 0 Å². The molecule has 0 aliphatic carbocycles. The number of esters is 1. The molecule has 3 unspecified atom stereocenters. The van der Waals surface area contributed by atoms with Gasteiger partial charge in [-0.1, -0.05) is 216 Å². The molecule has 0 aliphatic rings. The van der Waals surface area contributed by atoms with Crippen LogP contribution in [0.2, 0.25) is 0 Å². The molecule has 0 aromatic carbocycles. The van der Waals surface area contributed by atoms with Gasteiger partial charge in [-0.15, -0.1) is 0 Å². The summed E-state index contributed by atoms with van der Waals surface area (Å²) in [5.74, 6) is -0.536. The Hall–Kier alpha value is -2.44. The summed E-state index contributed by atoms with van der Waals surface area (Å²) in [6.07, 6.45) is 60.0. The molecular formula is C55H99NO5. The van der Waals surface area contributed by atoms with Crippen LogP contribution in [0.25, 0.3) is 0 Å². The zero-order valence-electron chi connectivity index (χ0n) is 40.3. The van der Waals surface area contributed by atoms with Gasteiger partial charge in [0.05, 0.1) is 25.2 Å². The molecule has 354 valence electrons. The number of aliphatic hydroxyl groups is 2. The summed E-state index contributed by atoms with van der Waals surface area (Å²) in [5, 5.41) is 23.7. The van der Waals surface area contributed by atoms with Gasteiger partial charge < -0.3 is 20.3 Å². The Labute approximate surface area is 378 Å². The summed E-state index contributed by atoms with van der Waals surface area (Å²) < 4.78 is 5.90. The maximum atomic E-state index is 13.2. The summed E-state index contributed by atoms with van der Waals surface area (Å²) >= 11 is 0. The number of carbonyl (C=O) groups excluding carboxylic acids is 2. The maximum absolute atomic E-state index is 13.2. The van der Waals surface area contributed by atoms with Gasteiger partial charge in [0.25, 0.3) is 0 Å². The van der Waals surface area contributed by atoms with Crippen LogP contribution < -0.4 is 5.32 Å². The van der Waals surface area contributed by atoms with E-state index in [1.54, 1.807) is 0 Å². The number of hydrogen-bond donors (Lipinski definition) is 3. The average Bonchev–Trinajstić information content (AvgIpc) is 3.25. The Bertz CT molecular complexity index is 1090. The van der Waals surface area contributed by atoms with Crippen molar-refractivity contribution in [2.24, 2.45) is 0 Å². The van der Waals surface area contributed by atoms with Gasteiger partial charge in [-0.2, -0.15) is 0 Å². The van der Waals surface area contributed by atoms with Crippen LogP contribution in [0.4, 0.5) is 0 Å². The number of amides is 1. The van der Waals surface area contributed by atoms with Gasteiger partial charge in [0.15, 0.2) is 0 Å². The first-order valence-corrected chi connectivity index (χ1v) is 26.0. The quantitative estimate of drug-likeness (QED) is 0.0322. The average molecular weight is 854 g/mol. The van der Waals surface area contributed by atoms with Gasteiger partial charge in [0, 0.05) is 6.42 Å². The predicted molar refractivity (Wildman–Crippen MR) is 264 cm³/mol. The second kappa shape index (κ2) is 48.6. The Morgan fingerprint density at radius 2 is 0.902 bits per heavy atom. The molecule has 0 fully saturated rings. The van der Waals surface area contributed by atoms with Crippen molar-refractivity contribution in [2.75, 3.05) is 6.61 Å². The van der Waals surface area contributed by atoms with Crippen LogP contribution in [0.3, 0.4) is 0 Å². The summed E-state index contributed by atoms with van der Waals surface area (Å²) in [4.78, 5) is 26.1. The summed E-state index contributed by atoms with van der Waals surface area (Å²) in [7, 11) is 0. The number of nitrogens with one attached hydrogen (secondary N) is 1. The van der Waals surface area contributed by atoms with Crippen LogP contribution in [0.5, 0.6) is 0 Å². The topological polar surface area (TPSA) is 95.9 Å². The number of rotatable bonds is 46. The highest BCUT2D eigenvalue weighted by Gasteiger charge is 2.24.